The zero-order valence-electron chi connectivity index (χ0n) is 7.79. The zero-order chi connectivity index (χ0) is 9.14. The van der Waals surface area contributed by atoms with Gasteiger partial charge in [0, 0.05) is 19.6 Å². The van der Waals surface area contributed by atoms with E-state index in [1.807, 2.05) is 14.1 Å². The van der Waals surface area contributed by atoms with Crippen LogP contribution in [0.5, 0.6) is 0 Å². The highest BCUT2D eigenvalue weighted by atomic mass is 16.2. The van der Waals surface area contributed by atoms with Gasteiger partial charge in [0.2, 0.25) is 0 Å². The fraction of sp³-hybridized carbons (Fsp3) is 0.875. The lowest BCUT2D eigenvalue weighted by atomic mass is 10.1. The van der Waals surface area contributed by atoms with E-state index in [9.17, 15) is 4.79 Å². The van der Waals surface area contributed by atoms with Crippen molar-refractivity contribution in [2.75, 3.05) is 33.7 Å². The maximum Gasteiger partial charge on any atom is 0.314 e. The molecular weight excluding hydrogens is 154 g/mol. The number of carbonyl (C=O) groups is 1. The minimum Gasteiger partial charge on any atom is -0.351 e. The number of rotatable bonds is 2. The lowest BCUT2D eigenvalue weighted by Gasteiger charge is -2.16. The van der Waals surface area contributed by atoms with Crippen molar-refractivity contribution in [3.05, 3.63) is 0 Å². The first-order valence-electron chi connectivity index (χ1n) is 4.28. The van der Waals surface area contributed by atoms with Gasteiger partial charge in [0.1, 0.15) is 0 Å². The van der Waals surface area contributed by atoms with Crippen LogP contribution in [0.4, 0.5) is 4.79 Å². The number of carbonyl (C=O) groups excluding carboxylic acids is 1. The average Bonchev–Trinajstić information content (AvgIpc) is 2.34. The first-order valence-corrected chi connectivity index (χ1v) is 4.28. The molecule has 1 rings (SSSR count). The molecule has 0 aromatic heterocycles. The minimum atomic E-state index is -0.281. The van der Waals surface area contributed by atoms with E-state index in [2.05, 4.69) is 4.90 Å². The summed E-state index contributed by atoms with van der Waals surface area (Å²) in [6.07, 6.45) is 1.08. The second-order valence-electron chi connectivity index (χ2n) is 3.70. The Morgan fingerprint density at radius 3 is 2.75 bits per heavy atom. The summed E-state index contributed by atoms with van der Waals surface area (Å²) in [5.41, 5.74) is 5.16. The number of amides is 2. The zero-order valence-corrected chi connectivity index (χ0v) is 7.79. The van der Waals surface area contributed by atoms with Gasteiger partial charge in [0.15, 0.2) is 0 Å². The smallest absolute Gasteiger partial charge is 0.314 e. The summed E-state index contributed by atoms with van der Waals surface area (Å²) in [4.78, 5) is 14.6. The Balaban J connectivity index is 2.30. The van der Waals surface area contributed by atoms with Crippen LogP contribution < -0.4 is 5.73 Å². The summed E-state index contributed by atoms with van der Waals surface area (Å²) in [7, 11) is 4.10. The molecule has 0 unspecified atom stereocenters. The van der Waals surface area contributed by atoms with Crippen molar-refractivity contribution in [3.8, 4) is 0 Å². The van der Waals surface area contributed by atoms with Gasteiger partial charge in [-0.25, -0.2) is 4.79 Å². The van der Waals surface area contributed by atoms with Crippen LogP contribution in [0.15, 0.2) is 0 Å². The highest BCUT2D eigenvalue weighted by Gasteiger charge is 2.24. The quantitative estimate of drug-likeness (QED) is 0.633. The monoisotopic (exact) mass is 171 g/mol. The molecule has 0 radical (unpaired) electrons. The molecule has 1 atom stereocenters. The molecule has 0 aliphatic carbocycles. The van der Waals surface area contributed by atoms with Gasteiger partial charge in [0.25, 0.3) is 0 Å². The van der Waals surface area contributed by atoms with Crippen LogP contribution in [-0.2, 0) is 0 Å². The number of hydrogen-bond acceptors (Lipinski definition) is 2. The predicted molar refractivity (Wildman–Crippen MR) is 47.8 cm³/mol. The second kappa shape index (κ2) is 3.76. The van der Waals surface area contributed by atoms with Gasteiger partial charge < -0.3 is 15.5 Å². The molecule has 1 aliphatic heterocycles. The van der Waals surface area contributed by atoms with Gasteiger partial charge in [0.05, 0.1) is 0 Å². The summed E-state index contributed by atoms with van der Waals surface area (Å²) < 4.78 is 0. The Morgan fingerprint density at radius 1 is 1.67 bits per heavy atom. The van der Waals surface area contributed by atoms with Crippen LogP contribution in [0.1, 0.15) is 6.42 Å². The van der Waals surface area contributed by atoms with Crippen LogP contribution in [0.3, 0.4) is 0 Å². The standard InChI is InChI=1S/C8H17N3O/c1-10(2)5-7-3-4-11(6-7)8(9)12/h7H,3-6H2,1-2H3,(H2,9,12)/t7-/m1/s1. The largest absolute Gasteiger partial charge is 0.351 e. The molecule has 0 aromatic carbocycles. The molecule has 2 N–H and O–H groups in total. The number of nitrogens with two attached hydrogens (primary N) is 1. The van der Waals surface area contributed by atoms with Gasteiger partial charge >= 0.3 is 6.03 Å². The molecule has 0 aromatic rings. The van der Waals surface area contributed by atoms with Crippen molar-refractivity contribution in [1.82, 2.24) is 9.80 Å². The molecule has 0 spiro atoms. The second-order valence-corrected chi connectivity index (χ2v) is 3.70. The summed E-state index contributed by atoms with van der Waals surface area (Å²) in [5, 5.41) is 0. The maximum atomic E-state index is 10.8. The molecule has 4 nitrogen and oxygen atoms in total. The number of hydrogen-bond donors (Lipinski definition) is 1. The van der Waals surface area contributed by atoms with Gasteiger partial charge in [-0.15, -0.1) is 0 Å². The van der Waals surface area contributed by atoms with Crippen LogP contribution >= 0.6 is 0 Å². The van der Waals surface area contributed by atoms with E-state index in [-0.39, 0.29) is 6.03 Å². The van der Waals surface area contributed by atoms with Crippen molar-refractivity contribution in [2.45, 2.75) is 6.42 Å². The number of likely N-dealkylation sites (tertiary alicyclic amines) is 1. The van der Waals surface area contributed by atoms with Gasteiger partial charge in [-0.05, 0) is 26.4 Å². The van der Waals surface area contributed by atoms with Crippen molar-refractivity contribution in [2.24, 2.45) is 11.7 Å². The molecule has 1 aliphatic rings. The van der Waals surface area contributed by atoms with Crippen LogP contribution in [0.25, 0.3) is 0 Å². The fourth-order valence-corrected chi connectivity index (χ4v) is 1.70. The molecule has 12 heavy (non-hydrogen) atoms. The third-order valence-corrected chi connectivity index (χ3v) is 2.22. The molecule has 0 bridgehead atoms. The normalized spacial score (nSPS) is 23.6. The van der Waals surface area contributed by atoms with Gasteiger partial charge in [-0.3, -0.25) is 0 Å². The Labute approximate surface area is 73.3 Å². The molecule has 4 heteroatoms. The van der Waals surface area contributed by atoms with E-state index in [0.717, 1.165) is 26.1 Å². The Kier molecular flexibility index (Phi) is 2.92. The van der Waals surface area contributed by atoms with Crippen molar-refractivity contribution >= 4 is 6.03 Å². The number of primary amides is 1. The molecule has 70 valence electrons. The van der Waals surface area contributed by atoms with Crippen molar-refractivity contribution in [1.29, 1.82) is 0 Å². The SMILES string of the molecule is CN(C)C[C@H]1CCN(C(N)=O)C1. The van der Waals surface area contributed by atoms with Crippen molar-refractivity contribution in [3.63, 3.8) is 0 Å². The molecule has 1 fully saturated rings. The highest BCUT2D eigenvalue weighted by Crippen LogP contribution is 2.15. The van der Waals surface area contributed by atoms with Crippen molar-refractivity contribution < 1.29 is 4.79 Å². The molecule has 1 saturated heterocycles. The first-order chi connectivity index (χ1) is 5.59. The Morgan fingerprint density at radius 2 is 2.33 bits per heavy atom. The van der Waals surface area contributed by atoms with Gasteiger partial charge in [-0.1, -0.05) is 0 Å². The minimum absolute atomic E-state index is 0.281. The van der Waals surface area contributed by atoms with Gasteiger partial charge in [-0.2, -0.15) is 0 Å². The molecular formula is C8H17N3O. The predicted octanol–water partition coefficient (Wildman–Crippen LogP) is -0.0514. The maximum absolute atomic E-state index is 10.8. The molecule has 2 amide bonds. The number of urea groups is 1. The highest BCUT2D eigenvalue weighted by molar-refractivity contribution is 5.72. The third kappa shape index (κ3) is 2.37. The van der Waals surface area contributed by atoms with Crippen LogP contribution in [0.2, 0.25) is 0 Å². The first kappa shape index (κ1) is 9.32. The lowest BCUT2D eigenvalue weighted by Crippen LogP contribution is -2.34. The average molecular weight is 171 g/mol. The van der Waals surface area contributed by atoms with Crippen LogP contribution in [-0.4, -0.2) is 49.6 Å². The third-order valence-electron chi connectivity index (χ3n) is 2.22. The van der Waals surface area contributed by atoms with E-state index in [0.29, 0.717) is 5.92 Å². The lowest BCUT2D eigenvalue weighted by molar-refractivity contribution is 0.215. The molecule has 1 heterocycles. The van der Waals surface area contributed by atoms with Crippen LogP contribution in [0, 0.1) is 5.92 Å². The van der Waals surface area contributed by atoms with E-state index in [1.54, 1.807) is 4.90 Å². The molecule has 0 saturated carbocycles. The summed E-state index contributed by atoms with van der Waals surface area (Å²) in [6, 6.07) is -0.281. The number of nitrogens with zero attached hydrogens (tertiary/aromatic N) is 2. The van der Waals surface area contributed by atoms with E-state index in [1.165, 1.54) is 0 Å². The summed E-state index contributed by atoms with van der Waals surface area (Å²) in [5.74, 6) is 0.604. The fourth-order valence-electron chi connectivity index (χ4n) is 1.70. The van der Waals surface area contributed by atoms with E-state index < -0.39 is 0 Å². The Hall–Kier alpha value is -0.770. The Bertz CT molecular complexity index is 170. The van der Waals surface area contributed by atoms with E-state index >= 15 is 0 Å². The summed E-state index contributed by atoms with van der Waals surface area (Å²) in [6.45, 7) is 2.70. The topological polar surface area (TPSA) is 49.6 Å². The summed E-state index contributed by atoms with van der Waals surface area (Å²) >= 11 is 0. The van der Waals surface area contributed by atoms with E-state index in [4.69, 9.17) is 5.73 Å².